The molecular weight excluding hydrogens is 293 g/mol. The SMILES string of the molecule is CN(Cc1cccc(Cl)c1)c1ccc(C(N)=NO)cc1F. The minimum atomic E-state index is -0.441. The number of anilines is 1. The second kappa shape index (κ2) is 6.45. The molecule has 0 saturated carbocycles. The molecular formula is C15H15ClFN3O. The van der Waals surface area contributed by atoms with E-state index in [1.165, 1.54) is 6.07 Å². The molecule has 110 valence electrons. The molecule has 0 spiro atoms. The summed E-state index contributed by atoms with van der Waals surface area (Å²) in [5, 5.41) is 12.1. The molecule has 0 saturated heterocycles. The van der Waals surface area contributed by atoms with E-state index in [2.05, 4.69) is 5.16 Å². The molecule has 0 aliphatic rings. The molecule has 0 unspecified atom stereocenters. The van der Waals surface area contributed by atoms with Crippen LogP contribution in [0.4, 0.5) is 10.1 Å². The highest BCUT2D eigenvalue weighted by molar-refractivity contribution is 6.30. The Balaban J connectivity index is 2.21. The van der Waals surface area contributed by atoms with Crippen molar-refractivity contribution in [1.82, 2.24) is 0 Å². The van der Waals surface area contributed by atoms with Gasteiger partial charge in [0.05, 0.1) is 5.69 Å². The van der Waals surface area contributed by atoms with E-state index in [1.807, 2.05) is 18.2 Å². The van der Waals surface area contributed by atoms with Crippen LogP contribution in [0.25, 0.3) is 0 Å². The van der Waals surface area contributed by atoms with Gasteiger partial charge in [-0.25, -0.2) is 4.39 Å². The summed E-state index contributed by atoms with van der Waals surface area (Å²) < 4.78 is 14.1. The largest absolute Gasteiger partial charge is 0.409 e. The number of hydrogen-bond donors (Lipinski definition) is 2. The molecule has 2 rings (SSSR count). The lowest BCUT2D eigenvalue weighted by Gasteiger charge is -2.20. The number of amidine groups is 1. The first-order valence-electron chi connectivity index (χ1n) is 6.24. The lowest BCUT2D eigenvalue weighted by Crippen LogP contribution is -2.19. The molecule has 0 heterocycles. The Labute approximate surface area is 127 Å². The zero-order valence-corrected chi connectivity index (χ0v) is 12.2. The average Bonchev–Trinajstić information content (AvgIpc) is 2.46. The topological polar surface area (TPSA) is 61.8 Å². The first-order valence-corrected chi connectivity index (χ1v) is 6.62. The van der Waals surface area contributed by atoms with Crippen molar-refractivity contribution in [2.45, 2.75) is 6.54 Å². The number of halogens is 2. The summed E-state index contributed by atoms with van der Waals surface area (Å²) in [7, 11) is 1.78. The Morgan fingerprint density at radius 2 is 2.10 bits per heavy atom. The van der Waals surface area contributed by atoms with Crippen LogP contribution in [0.15, 0.2) is 47.6 Å². The van der Waals surface area contributed by atoms with E-state index in [1.54, 1.807) is 30.1 Å². The fourth-order valence-corrected chi connectivity index (χ4v) is 2.24. The Morgan fingerprint density at radius 3 is 2.71 bits per heavy atom. The van der Waals surface area contributed by atoms with Crippen molar-refractivity contribution in [3.8, 4) is 0 Å². The highest BCUT2D eigenvalue weighted by Gasteiger charge is 2.11. The van der Waals surface area contributed by atoms with Crippen LogP contribution >= 0.6 is 11.6 Å². The summed E-state index contributed by atoms with van der Waals surface area (Å²) in [6.07, 6.45) is 0. The van der Waals surface area contributed by atoms with E-state index in [9.17, 15) is 4.39 Å². The van der Waals surface area contributed by atoms with Gasteiger partial charge < -0.3 is 15.8 Å². The highest BCUT2D eigenvalue weighted by Crippen LogP contribution is 2.22. The van der Waals surface area contributed by atoms with Crippen LogP contribution < -0.4 is 10.6 Å². The summed E-state index contributed by atoms with van der Waals surface area (Å²) in [5.41, 5.74) is 7.16. The number of rotatable bonds is 4. The van der Waals surface area contributed by atoms with Crippen LogP contribution in [0.2, 0.25) is 5.02 Å². The van der Waals surface area contributed by atoms with Gasteiger partial charge in [0, 0.05) is 24.2 Å². The van der Waals surface area contributed by atoms with Gasteiger partial charge in [-0.15, -0.1) is 0 Å². The predicted molar refractivity (Wildman–Crippen MR) is 82.5 cm³/mol. The first kappa shape index (κ1) is 15.1. The minimum Gasteiger partial charge on any atom is -0.409 e. The molecule has 0 aliphatic carbocycles. The maximum Gasteiger partial charge on any atom is 0.170 e. The zero-order valence-electron chi connectivity index (χ0n) is 11.4. The van der Waals surface area contributed by atoms with E-state index >= 15 is 0 Å². The van der Waals surface area contributed by atoms with Crippen LogP contribution in [0.1, 0.15) is 11.1 Å². The smallest absolute Gasteiger partial charge is 0.170 e. The van der Waals surface area contributed by atoms with Crippen molar-refractivity contribution < 1.29 is 9.60 Å². The maximum atomic E-state index is 14.1. The van der Waals surface area contributed by atoms with Gasteiger partial charge in [-0.2, -0.15) is 0 Å². The third-order valence-corrected chi connectivity index (χ3v) is 3.31. The van der Waals surface area contributed by atoms with Crippen LogP contribution in [0.5, 0.6) is 0 Å². The van der Waals surface area contributed by atoms with Crippen molar-refractivity contribution in [1.29, 1.82) is 0 Å². The molecule has 0 radical (unpaired) electrons. The number of benzene rings is 2. The molecule has 0 bridgehead atoms. The Hall–Kier alpha value is -2.27. The minimum absolute atomic E-state index is 0.127. The summed E-state index contributed by atoms with van der Waals surface area (Å²) in [4.78, 5) is 1.76. The molecule has 3 N–H and O–H groups in total. The van der Waals surface area contributed by atoms with Crippen molar-refractivity contribution in [2.24, 2.45) is 10.9 Å². The second-order valence-corrected chi connectivity index (χ2v) is 5.07. The van der Waals surface area contributed by atoms with E-state index in [-0.39, 0.29) is 5.84 Å². The van der Waals surface area contributed by atoms with Crippen LogP contribution in [0, 0.1) is 5.82 Å². The summed E-state index contributed by atoms with van der Waals surface area (Å²) in [5.74, 6) is -0.568. The van der Waals surface area contributed by atoms with Gasteiger partial charge in [0.1, 0.15) is 5.82 Å². The van der Waals surface area contributed by atoms with Gasteiger partial charge in [-0.3, -0.25) is 0 Å². The molecule has 0 aromatic heterocycles. The van der Waals surface area contributed by atoms with Gasteiger partial charge in [0.2, 0.25) is 0 Å². The van der Waals surface area contributed by atoms with E-state index in [4.69, 9.17) is 22.5 Å². The Bertz CT molecular complexity index is 676. The number of nitrogens with zero attached hydrogens (tertiary/aromatic N) is 2. The first-order chi connectivity index (χ1) is 10.0. The third-order valence-electron chi connectivity index (χ3n) is 3.07. The van der Waals surface area contributed by atoms with Crippen LogP contribution in [0.3, 0.4) is 0 Å². The van der Waals surface area contributed by atoms with Crippen LogP contribution in [-0.4, -0.2) is 18.1 Å². The summed E-state index contributed by atoms with van der Waals surface area (Å²) in [6, 6.07) is 11.8. The molecule has 0 fully saturated rings. The van der Waals surface area contributed by atoms with Crippen molar-refractivity contribution in [3.05, 3.63) is 64.4 Å². The van der Waals surface area contributed by atoms with E-state index in [0.717, 1.165) is 5.56 Å². The van der Waals surface area contributed by atoms with Gasteiger partial charge in [-0.05, 0) is 35.9 Å². The molecule has 0 atom stereocenters. The van der Waals surface area contributed by atoms with Gasteiger partial charge in [0.25, 0.3) is 0 Å². The molecule has 6 heteroatoms. The molecule has 21 heavy (non-hydrogen) atoms. The molecule has 0 amide bonds. The third kappa shape index (κ3) is 3.64. The average molecular weight is 308 g/mol. The fourth-order valence-electron chi connectivity index (χ4n) is 2.03. The molecule has 2 aromatic carbocycles. The van der Waals surface area contributed by atoms with Gasteiger partial charge in [0.15, 0.2) is 5.84 Å². The van der Waals surface area contributed by atoms with Crippen LogP contribution in [-0.2, 0) is 6.54 Å². The number of hydrogen-bond acceptors (Lipinski definition) is 3. The highest BCUT2D eigenvalue weighted by atomic mass is 35.5. The van der Waals surface area contributed by atoms with E-state index in [0.29, 0.717) is 22.8 Å². The summed E-state index contributed by atoms with van der Waals surface area (Å²) >= 11 is 5.93. The lowest BCUT2D eigenvalue weighted by atomic mass is 10.1. The fraction of sp³-hybridized carbons (Fsp3) is 0.133. The lowest BCUT2D eigenvalue weighted by molar-refractivity contribution is 0.318. The predicted octanol–water partition coefficient (Wildman–Crippen LogP) is 3.21. The van der Waals surface area contributed by atoms with Gasteiger partial charge in [-0.1, -0.05) is 28.9 Å². The Kier molecular flexibility index (Phi) is 4.65. The van der Waals surface area contributed by atoms with Gasteiger partial charge >= 0.3 is 0 Å². The number of nitrogens with two attached hydrogens (primary N) is 1. The normalized spacial score (nSPS) is 11.5. The molecule has 0 aliphatic heterocycles. The summed E-state index contributed by atoms with van der Waals surface area (Å²) in [6.45, 7) is 0.514. The van der Waals surface area contributed by atoms with E-state index < -0.39 is 5.82 Å². The van der Waals surface area contributed by atoms with Crippen molar-refractivity contribution >= 4 is 23.1 Å². The monoisotopic (exact) mass is 307 g/mol. The van der Waals surface area contributed by atoms with Crippen molar-refractivity contribution in [3.63, 3.8) is 0 Å². The van der Waals surface area contributed by atoms with Crippen molar-refractivity contribution in [2.75, 3.05) is 11.9 Å². The Morgan fingerprint density at radius 1 is 1.33 bits per heavy atom. The zero-order chi connectivity index (χ0) is 15.4. The standard InChI is InChI=1S/C15H15ClFN3O/c1-20(9-10-3-2-4-12(16)7-10)14-6-5-11(8-13(14)17)15(18)19-21/h2-8,21H,9H2,1H3,(H2,18,19). The quantitative estimate of drug-likeness (QED) is 0.394. The number of oxime groups is 1. The second-order valence-electron chi connectivity index (χ2n) is 4.64. The molecule has 4 nitrogen and oxygen atoms in total. The molecule has 2 aromatic rings. The maximum absolute atomic E-state index is 14.1.